The maximum absolute atomic E-state index is 10.8. The van der Waals surface area contributed by atoms with Crippen LogP contribution < -0.4 is 10.5 Å². The number of aliphatic hydroxyl groups excluding tert-OH is 1. The summed E-state index contributed by atoms with van der Waals surface area (Å²) in [5.74, 6) is 0.464. The topological polar surface area (TPSA) is 98.6 Å². The lowest BCUT2D eigenvalue weighted by Crippen LogP contribution is -2.37. The van der Waals surface area contributed by atoms with Gasteiger partial charge >= 0.3 is 0 Å². The van der Waals surface area contributed by atoms with Crippen LogP contribution in [-0.2, 0) is 5.54 Å². The quantitative estimate of drug-likeness (QED) is 0.583. The van der Waals surface area contributed by atoms with Crippen molar-refractivity contribution in [2.24, 2.45) is 5.73 Å². The molecule has 3 N–H and O–H groups in total. The number of methoxy groups -OCH3 is 1. The molecular formula is C10H14N2O4. The Balaban J connectivity index is 3.37. The van der Waals surface area contributed by atoms with Crippen molar-refractivity contribution >= 4 is 5.69 Å². The van der Waals surface area contributed by atoms with Crippen LogP contribution in [0.4, 0.5) is 5.69 Å². The van der Waals surface area contributed by atoms with Gasteiger partial charge in [-0.15, -0.1) is 0 Å². The molecule has 1 atom stereocenters. The molecular weight excluding hydrogens is 212 g/mol. The fourth-order valence-electron chi connectivity index (χ4n) is 1.34. The van der Waals surface area contributed by atoms with Crippen LogP contribution in [0.3, 0.4) is 0 Å². The predicted octanol–water partition coefficient (Wildman–Crippen LogP) is 0.770. The van der Waals surface area contributed by atoms with Crippen molar-refractivity contribution in [3.8, 4) is 5.75 Å². The normalized spacial score (nSPS) is 14.2. The third kappa shape index (κ3) is 2.29. The summed E-state index contributed by atoms with van der Waals surface area (Å²) < 4.78 is 4.97. The van der Waals surface area contributed by atoms with E-state index in [1.165, 1.54) is 32.2 Å². The highest BCUT2D eigenvalue weighted by Gasteiger charge is 2.29. The van der Waals surface area contributed by atoms with Crippen molar-refractivity contribution in [2.75, 3.05) is 13.7 Å². The molecule has 6 nitrogen and oxygen atoms in total. The number of nitro benzene ring substituents is 1. The summed E-state index contributed by atoms with van der Waals surface area (Å²) in [5, 5.41) is 19.9. The van der Waals surface area contributed by atoms with Crippen molar-refractivity contribution in [2.45, 2.75) is 12.5 Å². The van der Waals surface area contributed by atoms with E-state index in [4.69, 9.17) is 15.6 Å². The summed E-state index contributed by atoms with van der Waals surface area (Å²) in [6, 6.07) is 4.26. The molecule has 0 amide bonds. The van der Waals surface area contributed by atoms with Crippen LogP contribution >= 0.6 is 0 Å². The van der Waals surface area contributed by atoms with Gasteiger partial charge in [-0.05, 0) is 19.1 Å². The van der Waals surface area contributed by atoms with Crippen LogP contribution in [0.1, 0.15) is 12.5 Å². The Morgan fingerprint density at radius 3 is 2.69 bits per heavy atom. The molecule has 0 heterocycles. The van der Waals surface area contributed by atoms with Crippen LogP contribution in [0.25, 0.3) is 0 Å². The maximum atomic E-state index is 10.8. The molecule has 6 heteroatoms. The first-order chi connectivity index (χ1) is 7.42. The molecule has 0 spiro atoms. The minimum atomic E-state index is -1.17. The fraction of sp³-hybridized carbons (Fsp3) is 0.400. The molecule has 1 aromatic carbocycles. The third-order valence-corrected chi connectivity index (χ3v) is 2.34. The van der Waals surface area contributed by atoms with Gasteiger partial charge in [0.25, 0.3) is 5.69 Å². The van der Waals surface area contributed by atoms with Gasteiger partial charge < -0.3 is 15.6 Å². The van der Waals surface area contributed by atoms with Crippen molar-refractivity contribution in [3.63, 3.8) is 0 Å². The largest absolute Gasteiger partial charge is 0.497 e. The van der Waals surface area contributed by atoms with Gasteiger partial charge in [-0.2, -0.15) is 0 Å². The lowest BCUT2D eigenvalue weighted by molar-refractivity contribution is -0.386. The number of nitrogens with two attached hydrogens (primary N) is 1. The zero-order valence-corrected chi connectivity index (χ0v) is 9.14. The van der Waals surface area contributed by atoms with Crippen molar-refractivity contribution in [1.82, 2.24) is 0 Å². The van der Waals surface area contributed by atoms with Gasteiger partial charge in [0, 0.05) is 6.07 Å². The Morgan fingerprint density at radius 1 is 1.62 bits per heavy atom. The number of hydrogen-bond donors (Lipinski definition) is 2. The van der Waals surface area contributed by atoms with Crippen LogP contribution in [-0.4, -0.2) is 23.7 Å². The predicted molar refractivity (Wildman–Crippen MR) is 58.3 cm³/mol. The van der Waals surface area contributed by atoms with E-state index in [0.717, 1.165) is 0 Å². The molecule has 0 aliphatic heterocycles. The number of rotatable bonds is 4. The van der Waals surface area contributed by atoms with E-state index in [1.807, 2.05) is 0 Å². The van der Waals surface area contributed by atoms with Gasteiger partial charge in [-0.25, -0.2) is 0 Å². The molecule has 0 saturated carbocycles. The minimum Gasteiger partial charge on any atom is -0.497 e. The third-order valence-electron chi connectivity index (χ3n) is 2.34. The van der Waals surface area contributed by atoms with E-state index in [9.17, 15) is 10.1 Å². The van der Waals surface area contributed by atoms with Gasteiger partial charge in [-0.3, -0.25) is 10.1 Å². The molecule has 0 saturated heterocycles. The number of aliphatic hydroxyl groups is 1. The highest BCUT2D eigenvalue weighted by atomic mass is 16.6. The molecule has 0 aliphatic carbocycles. The second-order valence-corrected chi connectivity index (χ2v) is 3.72. The lowest BCUT2D eigenvalue weighted by Gasteiger charge is -2.22. The van der Waals surface area contributed by atoms with Crippen LogP contribution in [0.5, 0.6) is 5.75 Å². The molecule has 1 unspecified atom stereocenters. The first-order valence-corrected chi connectivity index (χ1v) is 4.65. The highest BCUT2D eigenvalue weighted by Crippen LogP contribution is 2.31. The molecule has 0 aliphatic rings. The minimum absolute atomic E-state index is 0.125. The van der Waals surface area contributed by atoms with E-state index in [-0.39, 0.29) is 17.9 Å². The molecule has 0 fully saturated rings. The second kappa shape index (κ2) is 4.46. The zero-order chi connectivity index (χ0) is 12.3. The fourth-order valence-corrected chi connectivity index (χ4v) is 1.34. The van der Waals surface area contributed by atoms with E-state index in [1.54, 1.807) is 0 Å². The van der Waals surface area contributed by atoms with Crippen molar-refractivity contribution in [1.29, 1.82) is 0 Å². The van der Waals surface area contributed by atoms with Gasteiger partial charge in [0.2, 0.25) is 0 Å². The summed E-state index contributed by atoms with van der Waals surface area (Å²) in [6.07, 6.45) is 0. The van der Waals surface area contributed by atoms with Gasteiger partial charge in [0.15, 0.2) is 0 Å². The summed E-state index contributed by atoms with van der Waals surface area (Å²) in [4.78, 5) is 10.3. The van der Waals surface area contributed by atoms with E-state index < -0.39 is 10.5 Å². The summed E-state index contributed by atoms with van der Waals surface area (Å²) in [5.41, 5.74) is 4.74. The molecule has 0 bridgehead atoms. The van der Waals surface area contributed by atoms with Gasteiger partial charge in [0.05, 0.1) is 29.7 Å². The molecule has 0 aromatic heterocycles. The first kappa shape index (κ1) is 12.4. The Bertz CT molecular complexity index is 404. The molecule has 88 valence electrons. The smallest absolute Gasteiger partial charge is 0.274 e. The van der Waals surface area contributed by atoms with Crippen molar-refractivity contribution in [3.05, 3.63) is 33.9 Å². The lowest BCUT2D eigenvalue weighted by atomic mass is 9.92. The summed E-state index contributed by atoms with van der Waals surface area (Å²) in [7, 11) is 1.46. The average molecular weight is 226 g/mol. The monoisotopic (exact) mass is 226 g/mol. The van der Waals surface area contributed by atoms with E-state index in [0.29, 0.717) is 5.75 Å². The summed E-state index contributed by atoms with van der Waals surface area (Å²) in [6.45, 7) is 1.13. The Hall–Kier alpha value is -1.66. The summed E-state index contributed by atoms with van der Waals surface area (Å²) >= 11 is 0. The van der Waals surface area contributed by atoms with Crippen LogP contribution in [0.15, 0.2) is 18.2 Å². The number of hydrogen-bond acceptors (Lipinski definition) is 5. The Kier molecular flexibility index (Phi) is 3.46. The molecule has 1 rings (SSSR count). The number of nitrogens with zero attached hydrogens (tertiary/aromatic N) is 1. The zero-order valence-electron chi connectivity index (χ0n) is 9.14. The standard InChI is InChI=1S/C10H14N2O4/c1-10(11,6-13)8-5-7(16-2)3-4-9(8)12(14)15/h3-5,13H,6,11H2,1-2H3. The van der Waals surface area contributed by atoms with Crippen LogP contribution in [0, 0.1) is 10.1 Å². The highest BCUT2D eigenvalue weighted by molar-refractivity contribution is 5.49. The number of ether oxygens (including phenoxy) is 1. The van der Waals surface area contributed by atoms with Gasteiger partial charge in [0.1, 0.15) is 5.75 Å². The van der Waals surface area contributed by atoms with E-state index >= 15 is 0 Å². The average Bonchev–Trinajstić information content (AvgIpc) is 2.28. The SMILES string of the molecule is COc1ccc([N+](=O)[O-])c(C(C)(N)CO)c1. The van der Waals surface area contributed by atoms with Crippen molar-refractivity contribution < 1.29 is 14.8 Å². The Labute approximate surface area is 92.8 Å². The Morgan fingerprint density at radius 2 is 2.25 bits per heavy atom. The molecule has 0 radical (unpaired) electrons. The van der Waals surface area contributed by atoms with E-state index in [2.05, 4.69) is 0 Å². The molecule has 16 heavy (non-hydrogen) atoms. The first-order valence-electron chi connectivity index (χ1n) is 4.65. The maximum Gasteiger partial charge on any atom is 0.274 e. The van der Waals surface area contributed by atoms with Gasteiger partial charge in [-0.1, -0.05) is 0 Å². The van der Waals surface area contributed by atoms with Crippen LogP contribution in [0.2, 0.25) is 0 Å². The number of nitro groups is 1. The second-order valence-electron chi connectivity index (χ2n) is 3.72. The number of benzene rings is 1. The molecule has 1 aromatic rings.